The van der Waals surface area contributed by atoms with E-state index < -0.39 is 11.4 Å². The second-order valence-electron chi connectivity index (χ2n) is 4.17. The topological polar surface area (TPSA) is 66.4 Å². The molecule has 0 heterocycles. The van der Waals surface area contributed by atoms with Gasteiger partial charge in [-0.2, -0.15) is 0 Å². The Morgan fingerprint density at radius 2 is 2.12 bits per heavy atom. The summed E-state index contributed by atoms with van der Waals surface area (Å²) >= 11 is 5.89. The first-order valence-corrected chi connectivity index (χ1v) is 5.68. The summed E-state index contributed by atoms with van der Waals surface area (Å²) < 4.78 is 0. The van der Waals surface area contributed by atoms with Crippen molar-refractivity contribution >= 4 is 23.5 Å². The number of carbonyl (C=O) groups is 2. The summed E-state index contributed by atoms with van der Waals surface area (Å²) in [6, 6.07) is 7.15. The van der Waals surface area contributed by atoms with Crippen molar-refractivity contribution in [3.05, 3.63) is 34.9 Å². The van der Waals surface area contributed by atoms with Crippen LogP contribution in [0.1, 0.15) is 18.4 Å². The molecule has 2 N–H and O–H groups in total. The molecule has 1 aromatic carbocycles. The van der Waals surface area contributed by atoms with E-state index in [1.54, 1.807) is 18.2 Å². The van der Waals surface area contributed by atoms with Crippen LogP contribution in [0.25, 0.3) is 0 Å². The molecule has 2 rings (SSSR count). The minimum Gasteiger partial charge on any atom is -0.480 e. The van der Waals surface area contributed by atoms with Gasteiger partial charge in [0.15, 0.2) is 0 Å². The van der Waals surface area contributed by atoms with E-state index >= 15 is 0 Å². The van der Waals surface area contributed by atoms with Gasteiger partial charge in [-0.15, -0.1) is 0 Å². The van der Waals surface area contributed by atoms with E-state index in [0.29, 0.717) is 5.02 Å². The number of amides is 1. The van der Waals surface area contributed by atoms with Crippen molar-refractivity contribution in [3.8, 4) is 0 Å². The first-order valence-electron chi connectivity index (χ1n) is 5.31. The number of hydrogen-bond donors (Lipinski definition) is 2. The fraction of sp³-hybridized carbons (Fsp3) is 0.333. The molecule has 0 saturated heterocycles. The van der Waals surface area contributed by atoms with E-state index in [1.807, 2.05) is 6.07 Å². The second kappa shape index (κ2) is 4.37. The van der Waals surface area contributed by atoms with Gasteiger partial charge >= 0.3 is 5.97 Å². The van der Waals surface area contributed by atoms with Crippen LogP contribution in [-0.4, -0.2) is 23.5 Å². The molecule has 1 saturated carbocycles. The summed E-state index contributed by atoms with van der Waals surface area (Å²) in [4.78, 5) is 22.3. The first-order chi connectivity index (χ1) is 8.04. The second-order valence-corrected chi connectivity index (χ2v) is 4.61. The maximum Gasteiger partial charge on any atom is 0.322 e. The summed E-state index contributed by atoms with van der Waals surface area (Å²) in [6.07, 6.45) is 1.47. The van der Waals surface area contributed by atoms with Crippen molar-refractivity contribution in [3.63, 3.8) is 0 Å². The number of carbonyl (C=O) groups excluding carboxylic acids is 1. The number of carboxylic acid groups (broad SMARTS) is 1. The summed E-state index contributed by atoms with van der Waals surface area (Å²) in [5, 5.41) is 11.5. The Bertz CT molecular complexity index is 469. The van der Waals surface area contributed by atoms with Gasteiger partial charge in [0, 0.05) is 5.02 Å². The molecule has 0 spiro atoms. The van der Waals surface area contributed by atoms with Gasteiger partial charge in [0.25, 0.3) is 0 Å². The largest absolute Gasteiger partial charge is 0.480 e. The highest BCUT2D eigenvalue weighted by Crippen LogP contribution is 2.48. The summed E-state index contributed by atoms with van der Waals surface area (Å²) in [5.74, 6) is -1.28. The Kier molecular flexibility index (Phi) is 3.07. The maximum atomic E-state index is 11.9. The number of benzene rings is 1. The van der Waals surface area contributed by atoms with Crippen molar-refractivity contribution in [2.75, 3.05) is 6.54 Å². The fourth-order valence-electron chi connectivity index (χ4n) is 1.88. The normalized spacial score (nSPS) is 16.3. The number of hydrogen-bond acceptors (Lipinski definition) is 2. The van der Waals surface area contributed by atoms with Gasteiger partial charge < -0.3 is 10.4 Å². The van der Waals surface area contributed by atoms with Crippen molar-refractivity contribution < 1.29 is 14.7 Å². The third-order valence-corrected chi connectivity index (χ3v) is 3.20. The lowest BCUT2D eigenvalue weighted by atomic mass is 9.95. The summed E-state index contributed by atoms with van der Waals surface area (Å²) in [7, 11) is 0. The average Bonchev–Trinajstić information content (AvgIpc) is 3.07. The van der Waals surface area contributed by atoms with Crippen LogP contribution in [0.2, 0.25) is 5.02 Å². The lowest BCUT2D eigenvalue weighted by molar-refractivity contribution is -0.138. The number of rotatable bonds is 4. The van der Waals surface area contributed by atoms with Gasteiger partial charge in [-0.1, -0.05) is 23.7 Å². The van der Waals surface area contributed by atoms with Crippen molar-refractivity contribution in [2.24, 2.45) is 0 Å². The standard InChI is InChI=1S/C12H12ClNO3/c13-9-3-1-2-8(6-9)12(4-5-12)11(17)14-7-10(15)16/h1-3,6H,4-5,7H2,(H,14,17)(H,15,16). The van der Waals surface area contributed by atoms with E-state index in [-0.39, 0.29) is 12.5 Å². The van der Waals surface area contributed by atoms with E-state index in [9.17, 15) is 9.59 Å². The molecule has 0 unspecified atom stereocenters. The molecule has 0 aromatic heterocycles. The zero-order valence-corrected chi connectivity index (χ0v) is 9.83. The molecule has 1 fully saturated rings. The lowest BCUT2D eigenvalue weighted by Crippen LogP contribution is -2.37. The Morgan fingerprint density at radius 1 is 1.41 bits per heavy atom. The molecule has 0 radical (unpaired) electrons. The highest BCUT2D eigenvalue weighted by molar-refractivity contribution is 6.30. The number of halogens is 1. The molecule has 4 nitrogen and oxygen atoms in total. The maximum absolute atomic E-state index is 11.9. The molecule has 1 amide bonds. The minimum atomic E-state index is -1.04. The van der Waals surface area contributed by atoms with Crippen LogP contribution in [0.3, 0.4) is 0 Å². The van der Waals surface area contributed by atoms with Crippen LogP contribution in [-0.2, 0) is 15.0 Å². The molecule has 1 aromatic rings. The van der Waals surface area contributed by atoms with E-state index in [2.05, 4.69) is 5.32 Å². The quantitative estimate of drug-likeness (QED) is 0.856. The van der Waals surface area contributed by atoms with Gasteiger partial charge in [0.05, 0.1) is 5.41 Å². The average molecular weight is 254 g/mol. The van der Waals surface area contributed by atoms with E-state index in [0.717, 1.165) is 18.4 Å². The smallest absolute Gasteiger partial charge is 0.322 e. The molecular weight excluding hydrogens is 242 g/mol. The van der Waals surface area contributed by atoms with Gasteiger partial charge in [-0.25, -0.2) is 0 Å². The molecule has 90 valence electrons. The van der Waals surface area contributed by atoms with E-state index in [4.69, 9.17) is 16.7 Å². The molecular formula is C12H12ClNO3. The number of carboxylic acids is 1. The SMILES string of the molecule is O=C(O)CNC(=O)C1(c2cccc(Cl)c2)CC1. The highest BCUT2D eigenvalue weighted by atomic mass is 35.5. The van der Waals surface area contributed by atoms with Gasteiger partial charge in [0.2, 0.25) is 5.91 Å². The Morgan fingerprint density at radius 3 is 2.65 bits per heavy atom. The van der Waals surface area contributed by atoms with E-state index in [1.165, 1.54) is 0 Å². The van der Waals surface area contributed by atoms with Crippen LogP contribution in [0.5, 0.6) is 0 Å². The Hall–Kier alpha value is -1.55. The van der Waals surface area contributed by atoms with Crippen molar-refractivity contribution in [2.45, 2.75) is 18.3 Å². The predicted molar refractivity (Wildman–Crippen MR) is 63.0 cm³/mol. The molecule has 0 bridgehead atoms. The van der Waals surface area contributed by atoms with Crippen molar-refractivity contribution in [1.29, 1.82) is 0 Å². The van der Waals surface area contributed by atoms with Crippen molar-refractivity contribution in [1.82, 2.24) is 5.32 Å². The zero-order valence-electron chi connectivity index (χ0n) is 9.07. The zero-order chi connectivity index (χ0) is 12.5. The van der Waals surface area contributed by atoms with Crippen LogP contribution in [0, 0.1) is 0 Å². The molecule has 0 atom stereocenters. The van der Waals surface area contributed by atoms with Gasteiger partial charge in [-0.3, -0.25) is 9.59 Å². The van der Waals surface area contributed by atoms with Gasteiger partial charge in [0.1, 0.15) is 6.54 Å². The molecule has 1 aliphatic rings. The molecule has 0 aliphatic heterocycles. The highest BCUT2D eigenvalue weighted by Gasteiger charge is 2.51. The van der Waals surface area contributed by atoms with Crippen LogP contribution < -0.4 is 5.32 Å². The Balaban J connectivity index is 2.14. The molecule has 5 heteroatoms. The predicted octanol–water partition coefficient (Wildman–Crippen LogP) is 1.57. The third-order valence-electron chi connectivity index (χ3n) is 2.96. The van der Waals surface area contributed by atoms with Crippen LogP contribution in [0.15, 0.2) is 24.3 Å². The fourth-order valence-corrected chi connectivity index (χ4v) is 2.07. The monoisotopic (exact) mass is 253 g/mol. The van der Waals surface area contributed by atoms with Gasteiger partial charge in [-0.05, 0) is 30.5 Å². The molecule has 17 heavy (non-hydrogen) atoms. The number of nitrogens with one attached hydrogen (secondary N) is 1. The first kappa shape index (κ1) is 11.9. The third kappa shape index (κ3) is 2.42. The Labute approximate surface area is 104 Å². The minimum absolute atomic E-state index is 0.234. The molecule has 1 aliphatic carbocycles. The summed E-state index contributed by atoms with van der Waals surface area (Å²) in [5.41, 5.74) is 0.285. The van der Waals surface area contributed by atoms with Crippen LogP contribution in [0.4, 0.5) is 0 Å². The summed E-state index contributed by atoms with van der Waals surface area (Å²) in [6.45, 7) is -0.346. The lowest BCUT2D eigenvalue weighted by Gasteiger charge is -2.15. The number of aliphatic carboxylic acids is 1. The van der Waals surface area contributed by atoms with Crippen LogP contribution >= 0.6 is 11.6 Å².